The van der Waals surface area contributed by atoms with Gasteiger partial charge in [-0.15, -0.1) is 0 Å². The highest BCUT2D eigenvalue weighted by atomic mass is 32.2. The van der Waals surface area contributed by atoms with Crippen LogP contribution < -0.4 is 0 Å². The number of hydrogen-bond acceptors (Lipinski definition) is 3. The maximum atomic E-state index is 9.77. The second-order valence-electron chi connectivity index (χ2n) is 4.08. The standard InChI is InChI=1S/C11H22O2S/c1-13-6-2-3-11(12)9-10-4-7-14-8-5-10/h10-12H,2-9H2,1H3. The van der Waals surface area contributed by atoms with Crippen LogP contribution in [0.2, 0.25) is 0 Å². The Morgan fingerprint density at radius 1 is 1.43 bits per heavy atom. The van der Waals surface area contributed by atoms with Gasteiger partial charge in [0.05, 0.1) is 6.10 Å². The van der Waals surface area contributed by atoms with Crippen LogP contribution in [0.1, 0.15) is 32.1 Å². The van der Waals surface area contributed by atoms with Gasteiger partial charge in [0, 0.05) is 13.7 Å². The van der Waals surface area contributed by atoms with Crippen LogP contribution in [-0.2, 0) is 4.74 Å². The largest absolute Gasteiger partial charge is 0.393 e. The van der Waals surface area contributed by atoms with Gasteiger partial charge in [-0.3, -0.25) is 0 Å². The molecule has 2 nitrogen and oxygen atoms in total. The van der Waals surface area contributed by atoms with E-state index in [1.54, 1.807) is 7.11 Å². The quantitative estimate of drug-likeness (QED) is 0.694. The maximum Gasteiger partial charge on any atom is 0.0543 e. The van der Waals surface area contributed by atoms with Crippen LogP contribution in [0.4, 0.5) is 0 Å². The van der Waals surface area contributed by atoms with Crippen molar-refractivity contribution in [2.75, 3.05) is 25.2 Å². The van der Waals surface area contributed by atoms with Gasteiger partial charge in [-0.1, -0.05) is 0 Å². The Morgan fingerprint density at radius 3 is 2.79 bits per heavy atom. The molecule has 1 unspecified atom stereocenters. The van der Waals surface area contributed by atoms with Crippen LogP contribution in [0.5, 0.6) is 0 Å². The molecule has 1 aliphatic heterocycles. The van der Waals surface area contributed by atoms with Crippen molar-refractivity contribution in [2.24, 2.45) is 5.92 Å². The zero-order valence-corrected chi connectivity index (χ0v) is 9.89. The molecule has 1 fully saturated rings. The Morgan fingerprint density at radius 2 is 2.14 bits per heavy atom. The second-order valence-corrected chi connectivity index (χ2v) is 5.31. The molecule has 0 spiro atoms. The van der Waals surface area contributed by atoms with Gasteiger partial charge in [0.25, 0.3) is 0 Å². The minimum absolute atomic E-state index is 0.0988. The topological polar surface area (TPSA) is 29.5 Å². The molecule has 0 aromatic heterocycles. The van der Waals surface area contributed by atoms with Crippen molar-refractivity contribution in [1.82, 2.24) is 0 Å². The van der Waals surface area contributed by atoms with E-state index in [4.69, 9.17) is 4.74 Å². The van der Waals surface area contributed by atoms with E-state index in [1.165, 1.54) is 24.3 Å². The van der Waals surface area contributed by atoms with E-state index in [9.17, 15) is 5.11 Å². The lowest BCUT2D eigenvalue weighted by Crippen LogP contribution is -2.18. The van der Waals surface area contributed by atoms with E-state index in [0.717, 1.165) is 31.8 Å². The first-order valence-electron chi connectivity index (χ1n) is 5.57. The maximum absolute atomic E-state index is 9.77. The summed E-state index contributed by atoms with van der Waals surface area (Å²) in [5.41, 5.74) is 0. The molecular weight excluding hydrogens is 196 g/mol. The lowest BCUT2D eigenvalue weighted by atomic mass is 9.94. The van der Waals surface area contributed by atoms with E-state index in [2.05, 4.69) is 0 Å². The highest BCUT2D eigenvalue weighted by Crippen LogP contribution is 2.27. The zero-order chi connectivity index (χ0) is 10.2. The Labute approximate surface area is 91.4 Å². The normalized spacial score (nSPS) is 21.0. The van der Waals surface area contributed by atoms with Crippen LogP contribution in [0, 0.1) is 5.92 Å². The summed E-state index contributed by atoms with van der Waals surface area (Å²) in [5.74, 6) is 3.35. The number of rotatable bonds is 6. The molecule has 1 heterocycles. The average Bonchev–Trinajstić information content (AvgIpc) is 2.20. The van der Waals surface area contributed by atoms with Crippen molar-refractivity contribution in [3.05, 3.63) is 0 Å². The third kappa shape index (κ3) is 5.23. The SMILES string of the molecule is COCCCC(O)CC1CCSCC1. The number of aliphatic hydroxyl groups is 1. The first-order valence-corrected chi connectivity index (χ1v) is 6.73. The fraction of sp³-hybridized carbons (Fsp3) is 1.00. The van der Waals surface area contributed by atoms with Crippen molar-refractivity contribution >= 4 is 11.8 Å². The number of hydrogen-bond donors (Lipinski definition) is 1. The molecule has 0 aromatic rings. The summed E-state index contributed by atoms with van der Waals surface area (Å²) in [5, 5.41) is 9.77. The second kappa shape index (κ2) is 7.55. The monoisotopic (exact) mass is 218 g/mol. The van der Waals surface area contributed by atoms with Crippen LogP contribution >= 0.6 is 11.8 Å². The molecule has 1 atom stereocenters. The summed E-state index contributed by atoms with van der Waals surface area (Å²) in [6, 6.07) is 0. The molecule has 0 aliphatic carbocycles. The summed E-state index contributed by atoms with van der Waals surface area (Å²) in [6.45, 7) is 0.775. The molecule has 1 saturated heterocycles. The first-order chi connectivity index (χ1) is 6.83. The number of ether oxygens (including phenoxy) is 1. The number of thioether (sulfide) groups is 1. The lowest BCUT2D eigenvalue weighted by molar-refractivity contribution is 0.111. The molecule has 84 valence electrons. The van der Waals surface area contributed by atoms with E-state index in [1.807, 2.05) is 11.8 Å². The Hall–Kier alpha value is 0.270. The molecular formula is C11H22O2S. The van der Waals surface area contributed by atoms with Gasteiger partial charge in [-0.05, 0) is 49.5 Å². The Bertz CT molecular complexity index is 135. The van der Waals surface area contributed by atoms with Gasteiger partial charge in [0.2, 0.25) is 0 Å². The summed E-state index contributed by atoms with van der Waals surface area (Å²) < 4.78 is 4.97. The average molecular weight is 218 g/mol. The van der Waals surface area contributed by atoms with Crippen molar-refractivity contribution < 1.29 is 9.84 Å². The fourth-order valence-corrected chi connectivity index (χ4v) is 3.15. The molecule has 3 heteroatoms. The van der Waals surface area contributed by atoms with Crippen molar-refractivity contribution in [3.8, 4) is 0 Å². The highest BCUT2D eigenvalue weighted by Gasteiger charge is 2.17. The van der Waals surface area contributed by atoms with Crippen molar-refractivity contribution in [1.29, 1.82) is 0 Å². The van der Waals surface area contributed by atoms with Gasteiger partial charge in [-0.2, -0.15) is 11.8 Å². The van der Waals surface area contributed by atoms with Crippen LogP contribution in [0.15, 0.2) is 0 Å². The lowest BCUT2D eigenvalue weighted by Gasteiger charge is -2.23. The molecule has 0 radical (unpaired) electrons. The molecule has 1 aliphatic rings. The fourth-order valence-electron chi connectivity index (χ4n) is 1.95. The van der Waals surface area contributed by atoms with E-state index < -0.39 is 0 Å². The van der Waals surface area contributed by atoms with Crippen LogP contribution in [-0.4, -0.2) is 36.4 Å². The van der Waals surface area contributed by atoms with Crippen molar-refractivity contribution in [2.45, 2.75) is 38.2 Å². The summed E-state index contributed by atoms with van der Waals surface area (Å²) in [4.78, 5) is 0. The summed E-state index contributed by atoms with van der Waals surface area (Å²) >= 11 is 2.05. The first kappa shape index (κ1) is 12.3. The zero-order valence-electron chi connectivity index (χ0n) is 9.08. The van der Waals surface area contributed by atoms with Gasteiger partial charge in [-0.25, -0.2) is 0 Å². The molecule has 1 rings (SSSR count). The molecule has 14 heavy (non-hydrogen) atoms. The number of methoxy groups -OCH3 is 1. The third-order valence-electron chi connectivity index (χ3n) is 2.83. The van der Waals surface area contributed by atoms with Gasteiger partial charge in [0.1, 0.15) is 0 Å². The van der Waals surface area contributed by atoms with Crippen molar-refractivity contribution in [3.63, 3.8) is 0 Å². The smallest absolute Gasteiger partial charge is 0.0543 e. The van der Waals surface area contributed by atoms with E-state index in [-0.39, 0.29) is 6.10 Å². The third-order valence-corrected chi connectivity index (χ3v) is 3.88. The predicted molar refractivity (Wildman–Crippen MR) is 61.8 cm³/mol. The van der Waals surface area contributed by atoms with Gasteiger partial charge < -0.3 is 9.84 Å². The van der Waals surface area contributed by atoms with Crippen LogP contribution in [0.25, 0.3) is 0 Å². The van der Waals surface area contributed by atoms with E-state index in [0.29, 0.717) is 0 Å². The van der Waals surface area contributed by atoms with Gasteiger partial charge >= 0.3 is 0 Å². The summed E-state index contributed by atoms with van der Waals surface area (Å²) in [7, 11) is 1.71. The predicted octanol–water partition coefficient (Wildman–Crippen LogP) is 2.31. The minimum Gasteiger partial charge on any atom is -0.393 e. The molecule has 0 amide bonds. The molecule has 0 bridgehead atoms. The molecule has 0 saturated carbocycles. The minimum atomic E-state index is -0.0988. The Kier molecular flexibility index (Phi) is 6.65. The highest BCUT2D eigenvalue weighted by molar-refractivity contribution is 7.99. The Balaban J connectivity index is 2.03. The molecule has 1 N–H and O–H groups in total. The summed E-state index contributed by atoms with van der Waals surface area (Å²) in [6.07, 6.45) is 5.39. The van der Waals surface area contributed by atoms with Gasteiger partial charge in [0.15, 0.2) is 0 Å². The number of aliphatic hydroxyl groups excluding tert-OH is 1. The van der Waals surface area contributed by atoms with Crippen LogP contribution in [0.3, 0.4) is 0 Å². The van der Waals surface area contributed by atoms with E-state index >= 15 is 0 Å². The molecule has 0 aromatic carbocycles.